The smallest absolute Gasteiger partial charge is 0.0588 e. The van der Waals surface area contributed by atoms with E-state index < -0.39 is 0 Å². The van der Waals surface area contributed by atoms with E-state index in [1.807, 2.05) is 0 Å². The molecule has 2 nitrogen and oxygen atoms in total. The van der Waals surface area contributed by atoms with Gasteiger partial charge in [-0.2, -0.15) is 0 Å². The Labute approximate surface area is 91.6 Å². The van der Waals surface area contributed by atoms with Crippen LogP contribution in [0.3, 0.4) is 0 Å². The van der Waals surface area contributed by atoms with E-state index >= 15 is 0 Å². The van der Waals surface area contributed by atoms with Crippen LogP contribution in [0.2, 0.25) is 0 Å². The summed E-state index contributed by atoms with van der Waals surface area (Å²) in [4.78, 5) is 0. The number of nitrogens with one attached hydrogen (secondary N) is 1. The number of hydrogen-bond acceptors (Lipinski definition) is 2. The maximum absolute atomic E-state index is 3.32. The summed E-state index contributed by atoms with van der Waals surface area (Å²) in [7, 11) is 0. The van der Waals surface area contributed by atoms with Gasteiger partial charge in [0.15, 0.2) is 0 Å². The minimum atomic E-state index is 0.946. The van der Waals surface area contributed by atoms with Crippen LogP contribution in [0.1, 0.15) is 25.0 Å². The summed E-state index contributed by atoms with van der Waals surface area (Å²) >= 11 is 0. The lowest BCUT2D eigenvalue weighted by molar-refractivity contribution is 0.298. The van der Waals surface area contributed by atoms with Crippen molar-refractivity contribution in [3.05, 3.63) is 47.2 Å². The Morgan fingerprint density at radius 2 is 1.87 bits per heavy atom. The fraction of sp³-hybridized carbons (Fsp3) is 0.385. The highest BCUT2D eigenvalue weighted by Crippen LogP contribution is 2.10. The molecule has 0 amide bonds. The molecular formula is C13H18N2. The molecule has 1 aromatic rings. The molecule has 0 aromatic heterocycles. The third-order valence-corrected chi connectivity index (χ3v) is 2.72. The maximum atomic E-state index is 3.32. The van der Waals surface area contributed by atoms with E-state index in [2.05, 4.69) is 54.7 Å². The summed E-state index contributed by atoms with van der Waals surface area (Å²) in [6, 6.07) is 8.84. The first-order valence-corrected chi connectivity index (χ1v) is 5.53. The molecule has 1 aromatic carbocycles. The van der Waals surface area contributed by atoms with Crippen LogP contribution in [0.4, 0.5) is 0 Å². The van der Waals surface area contributed by atoms with Crippen molar-refractivity contribution in [1.29, 1.82) is 0 Å². The van der Waals surface area contributed by atoms with Crippen LogP contribution in [0.25, 0.3) is 0 Å². The second-order valence-corrected chi connectivity index (χ2v) is 4.11. The molecule has 2 rings (SSSR count). The van der Waals surface area contributed by atoms with Crippen molar-refractivity contribution in [3.8, 4) is 0 Å². The maximum Gasteiger partial charge on any atom is 0.0588 e. The van der Waals surface area contributed by atoms with Gasteiger partial charge in [0.25, 0.3) is 0 Å². The van der Waals surface area contributed by atoms with E-state index in [-0.39, 0.29) is 0 Å². The number of aryl methyl sites for hydroxylation is 1. The molecule has 80 valence electrons. The fourth-order valence-electron chi connectivity index (χ4n) is 1.76. The van der Waals surface area contributed by atoms with E-state index in [4.69, 9.17) is 0 Å². The Balaban J connectivity index is 1.99. The summed E-state index contributed by atoms with van der Waals surface area (Å²) < 4.78 is 0. The van der Waals surface area contributed by atoms with E-state index in [1.165, 1.54) is 16.7 Å². The average molecular weight is 202 g/mol. The van der Waals surface area contributed by atoms with Crippen molar-refractivity contribution in [2.75, 3.05) is 6.54 Å². The van der Waals surface area contributed by atoms with Crippen molar-refractivity contribution in [2.45, 2.75) is 26.8 Å². The zero-order chi connectivity index (χ0) is 10.7. The number of nitrogens with zero attached hydrogens (tertiary/aromatic N) is 1. The Morgan fingerprint density at radius 1 is 1.20 bits per heavy atom. The SMILES string of the molecule is CCc1ccc(CN2C=C(C)CN2)cc1. The lowest BCUT2D eigenvalue weighted by atomic mass is 10.1. The van der Waals surface area contributed by atoms with Crippen LogP contribution in [0.5, 0.6) is 0 Å². The van der Waals surface area contributed by atoms with Gasteiger partial charge in [0.2, 0.25) is 0 Å². The predicted molar refractivity (Wildman–Crippen MR) is 63.1 cm³/mol. The Hall–Kier alpha value is -1.28. The topological polar surface area (TPSA) is 15.3 Å². The monoisotopic (exact) mass is 202 g/mol. The highest BCUT2D eigenvalue weighted by molar-refractivity contribution is 5.23. The second kappa shape index (κ2) is 4.49. The normalized spacial score (nSPS) is 15.6. The highest BCUT2D eigenvalue weighted by Gasteiger charge is 2.07. The Bertz CT molecular complexity index is 351. The van der Waals surface area contributed by atoms with Gasteiger partial charge < -0.3 is 5.01 Å². The van der Waals surface area contributed by atoms with Crippen molar-refractivity contribution >= 4 is 0 Å². The van der Waals surface area contributed by atoms with Crippen molar-refractivity contribution in [1.82, 2.24) is 10.4 Å². The molecular weight excluding hydrogens is 184 g/mol. The molecule has 0 saturated carbocycles. The number of benzene rings is 1. The van der Waals surface area contributed by atoms with Gasteiger partial charge in [-0.25, -0.2) is 5.43 Å². The van der Waals surface area contributed by atoms with Gasteiger partial charge in [0.05, 0.1) is 6.54 Å². The van der Waals surface area contributed by atoms with Gasteiger partial charge in [-0.1, -0.05) is 31.2 Å². The van der Waals surface area contributed by atoms with Crippen molar-refractivity contribution < 1.29 is 0 Å². The minimum absolute atomic E-state index is 0.946. The zero-order valence-electron chi connectivity index (χ0n) is 9.46. The van der Waals surface area contributed by atoms with Gasteiger partial charge in [-0.15, -0.1) is 0 Å². The molecule has 0 aliphatic carbocycles. The molecule has 1 N–H and O–H groups in total. The summed E-state index contributed by atoms with van der Waals surface area (Å²) in [6.45, 7) is 6.25. The first-order valence-electron chi connectivity index (χ1n) is 5.53. The quantitative estimate of drug-likeness (QED) is 0.810. The van der Waals surface area contributed by atoms with Gasteiger partial charge >= 0.3 is 0 Å². The lowest BCUT2D eigenvalue weighted by Crippen LogP contribution is -2.28. The lowest BCUT2D eigenvalue weighted by Gasteiger charge is -2.15. The molecule has 15 heavy (non-hydrogen) atoms. The predicted octanol–water partition coefficient (Wildman–Crippen LogP) is 2.47. The molecule has 1 heterocycles. The molecule has 2 heteroatoms. The number of hydrogen-bond donors (Lipinski definition) is 1. The van der Waals surface area contributed by atoms with Crippen molar-refractivity contribution in [2.24, 2.45) is 0 Å². The first-order chi connectivity index (χ1) is 7.28. The number of rotatable bonds is 3. The van der Waals surface area contributed by atoms with Gasteiger partial charge in [-0.3, -0.25) is 0 Å². The van der Waals surface area contributed by atoms with E-state index in [9.17, 15) is 0 Å². The number of hydrazine groups is 1. The molecule has 0 spiro atoms. The van der Waals surface area contributed by atoms with Crippen LogP contribution in [-0.2, 0) is 13.0 Å². The third kappa shape index (κ3) is 2.60. The largest absolute Gasteiger partial charge is 0.311 e. The zero-order valence-corrected chi connectivity index (χ0v) is 9.46. The van der Waals surface area contributed by atoms with Crippen molar-refractivity contribution in [3.63, 3.8) is 0 Å². The second-order valence-electron chi connectivity index (χ2n) is 4.11. The van der Waals surface area contributed by atoms with Crippen LogP contribution < -0.4 is 5.43 Å². The highest BCUT2D eigenvalue weighted by atomic mass is 15.5. The summed E-state index contributed by atoms with van der Waals surface area (Å²) in [6.07, 6.45) is 3.29. The summed E-state index contributed by atoms with van der Waals surface area (Å²) in [5, 5.41) is 2.15. The fourth-order valence-corrected chi connectivity index (χ4v) is 1.76. The Kier molecular flexibility index (Phi) is 3.07. The average Bonchev–Trinajstić information content (AvgIpc) is 2.65. The summed E-state index contributed by atoms with van der Waals surface area (Å²) in [5.74, 6) is 0. The molecule has 1 aliphatic heterocycles. The molecule has 0 atom stereocenters. The standard InChI is InChI=1S/C13H18N2/c1-3-12-4-6-13(7-5-12)10-15-9-11(2)8-14-15/h4-7,9,14H,3,8,10H2,1-2H3. The van der Waals surface area contributed by atoms with Gasteiger partial charge in [-0.05, 0) is 30.0 Å². The summed E-state index contributed by atoms with van der Waals surface area (Å²) in [5.41, 5.74) is 7.47. The molecule has 0 unspecified atom stereocenters. The van der Waals surface area contributed by atoms with E-state index in [0.717, 1.165) is 19.5 Å². The molecule has 0 saturated heterocycles. The van der Waals surface area contributed by atoms with Crippen LogP contribution in [-0.4, -0.2) is 11.6 Å². The van der Waals surface area contributed by atoms with Crippen LogP contribution in [0.15, 0.2) is 36.0 Å². The Morgan fingerprint density at radius 3 is 2.40 bits per heavy atom. The molecule has 1 aliphatic rings. The van der Waals surface area contributed by atoms with E-state index in [0.29, 0.717) is 0 Å². The molecule has 0 bridgehead atoms. The van der Waals surface area contributed by atoms with Gasteiger partial charge in [0.1, 0.15) is 0 Å². The van der Waals surface area contributed by atoms with Gasteiger partial charge in [0, 0.05) is 12.7 Å². The third-order valence-electron chi connectivity index (χ3n) is 2.72. The molecule has 0 radical (unpaired) electrons. The first kappa shape index (κ1) is 10.2. The van der Waals surface area contributed by atoms with Crippen LogP contribution in [0, 0.1) is 0 Å². The molecule has 0 fully saturated rings. The van der Waals surface area contributed by atoms with Crippen LogP contribution >= 0.6 is 0 Å². The van der Waals surface area contributed by atoms with E-state index in [1.54, 1.807) is 0 Å². The minimum Gasteiger partial charge on any atom is -0.311 e.